The first-order valence-electron chi connectivity index (χ1n) is 12.2. The van der Waals surface area contributed by atoms with Gasteiger partial charge in [0.15, 0.2) is 5.44 Å². The number of rotatable bonds is 18. The molecule has 7 nitrogen and oxygen atoms in total. The number of hydrogen-bond acceptors (Lipinski definition) is 7. The smallest absolute Gasteiger partial charge is 0.745 e. The molecule has 9 heteroatoms. The molecule has 0 heterocycles. The molecule has 0 fully saturated rings. The van der Waals surface area contributed by atoms with Crippen LogP contribution in [0.1, 0.15) is 118 Å². The van der Waals surface area contributed by atoms with Crippen molar-refractivity contribution in [3.8, 4) is 0 Å². The molecule has 1 aromatic rings. The third-order valence-corrected chi connectivity index (χ3v) is 6.44. The van der Waals surface area contributed by atoms with E-state index in [-0.39, 0.29) is 47.3 Å². The molecule has 0 saturated carbocycles. The number of ether oxygens (including phenoxy) is 2. The van der Waals surface area contributed by atoms with Crippen LogP contribution in [0.3, 0.4) is 0 Å². The predicted molar refractivity (Wildman–Crippen MR) is 127 cm³/mol. The minimum atomic E-state index is -4.79. The third-order valence-electron chi connectivity index (χ3n) is 5.53. The molecule has 1 unspecified atom stereocenters. The quantitative estimate of drug-likeness (QED) is 0.130. The molecule has 188 valence electrons. The van der Waals surface area contributed by atoms with Crippen LogP contribution in [-0.4, -0.2) is 37.0 Å². The van der Waals surface area contributed by atoms with Gasteiger partial charge in [0.2, 0.25) is 0 Å². The van der Waals surface area contributed by atoms with E-state index >= 15 is 0 Å². The number of carbonyl (C=O) groups excluding carboxylic acids is 2. The van der Waals surface area contributed by atoms with Gasteiger partial charge in [0, 0.05) is 0 Å². The maximum atomic E-state index is 12.4. The summed E-state index contributed by atoms with van der Waals surface area (Å²) in [5, 5.41) is 0. The second-order valence-corrected chi connectivity index (χ2v) is 10.0. The van der Waals surface area contributed by atoms with Crippen molar-refractivity contribution in [1.29, 1.82) is 0 Å². The average molecular weight is 507 g/mol. The van der Waals surface area contributed by atoms with E-state index in [0.29, 0.717) is 0 Å². The van der Waals surface area contributed by atoms with E-state index in [1.165, 1.54) is 82.4 Å². The number of unbranched alkanes of at least 4 members (excludes halogenated alkanes) is 12. The van der Waals surface area contributed by atoms with E-state index in [1.54, 1.807) is 6.07 Å². The van der Waals surface area contributed by atoms with E-state index in [0.717, 1.165) is 26.2 Å². The van der Waals surface area contributed by atoms with Crippen LogP contribution in [0.2, 0.25) is 0 Å². The fourth-order valence-corrected chi connectivity index (χ4v) is 3.68. The number of benzene rings is 1. The van der Waals surface area contributed by atoms with Crippen molar-refractivity contribution in [2.75, 3.05) is 6.61 Å². The van der Waals surface area contributed by atoms with Crippen molar-refractivity contribution in [2.45, 2.75) is 103 Å². The van der Waals surface area contributed by atoms with E-state index in [9.17, 15) is 22.6 Å². The van der Waals surface area contributed by atoms with Gasteiger partial charge >= 0.3 is 41.5 Å². The van der Waals surface area contributed by atoms with E-state index in [2.05, 4.69) is 11.7 Å². The first-order valence-corrected chi connectivity index (χ1v) is 13.7. The Morgan fingerprint density at radius 3 is 1.65 bits per heavy atom. The number of hydrogen-bond donors (Lipinski definition) is 0. The van der Waals surface area contributed by atoms with Crippen molar-refractivity contribution in [3.05, 3.63) is 35.4 Å². The van der Waals surface area contributed by atoms with Crippen molar-refractivity contribution < 1.29 is 61.6 Å². The van der Waals surface area contributed by atoms with Gasteiger partial charge in [0.25, 0.3) is 0 Å². The van der Waals surface area contributed by atoms with Crippen LogP contribution in [0.5, 0.6) is 0 Å². The molecule has 0 aromatic heterocycles. The summed E-state index contributed by atoms with van der Waals surface area (Å²) in [4.78, 5) is 24.6. The molecule has 0 aliphatic rings. The van der Waals surface area contributed by atoms with Gasteiger partial charge in [0.05, 0.1) is 17.7 Å². The molecule has 0 radical (unpaired) electrons. The third kappa shape index (κ3) is 14.5. The molecule has 0 aliphatic heterocycles. The van der Waals surface area contributed by atoms with Crippen molar-refractivity contribution in [2.24, 2.45) is 0 Å². The van der Waals surface area contributed by atoms with E-state index in [4.69, 9.17) is 4.74 Å². The summed E-state index contributed by atoms with van der Waals surface area (Å²) in [6.07, 6.45) is 15.9. The predicted octanol–water partition coefficient (Wildman–Crippen LogP) is 2.99. The molecule has 34 heavy (non-hydrogen) atoms. The van der Waals surface area contributed by atoms with Gasteiger partial charge in [-0.15, -0.1) is 0 Å². The van der Waals surface area contributed by atoms with Crippen LogP contribution < -0.4 is 29.6 Å². The monoisotopic (exact) mass is 506 g/mol. The summed E-state index contributed by atoms with van der Waals surface area (Å²) in [7, 11) is -4.79. The molecule has 0 bridgehead atoms. The molecule has 0 aliphatic carbocycles. The van der Waals surface area contributed by atoms with Gasteiger partial charge in [-0.2, -0.15) is 0 Å². The first-order chi connectivity index (χ1) is 15.8. The number of esters is 2. The van der Waals surface area contributed by atoms with E-state index in [1.807, 2.05) is 0 Å². The molecule has 1 atom stereocenters. The zero-order valence-corrected chi connectivity index (χ0v) is 23.9. The molecular weight excluding hydrogens is 467 g/mol. The SMILES string of the molecule is CCCCCCCCCCCCCCCOC(=O)c1ccccc1C(=O)OC(C)S(=O)(=O)[O-].[Na+]. The van der Waals surface area contributed by atoms with E-state index < -0.39 is 27.5 Å². The van der Waals surface area contributed by atoms with Crippen LogP contribution >= 0.6 is 0 Å². The molecule has 1 rings (SSSR count). The van der Waals surface area contributed by atoms with Crippen molar-refractivity contribution in [1.82, 2.24) is 0 Å². The topological polar surface area (TPSA) is 110 Å². The standard InChI is InChI=1S/C25H40O7S.Na/c1-3-4-5-6-7-8-9-10-11-12-13-14-17-20-31-24(26)22-18-15-16-19-23(22)25(27)32-21(2)33(28,29)30;/h15-16,18-19,21H,3-14,17,20H2,1-2H3,(H,28,29,30);/q;+1/p-1. The summed E-state index contributed by atoms with van der Waals surface area (Å²) >= 11 is 0. The second kappa shape index (κ2) is 19.3. The van der Waals surface area contributed by atoms with Crippen LogP contribution in [-0.2, 0) is 19.6 Å². The van der Waals surface area contributed by atoms with Crippen LogP contribution in [0.4, 0.5) is 0 Å². The number of carbonyl (C=O) groups is 2. The van der Waals surface area contributed by atoms with Gasteiger partial charge in [0.1, 0.15) is 10.1 Å². The van der Waals surface area contributed by atoms with Gasteiger partial charge < -0.3 is 14.0 Å². The zero-order chi connectivity index (χ0) is 24.5. The summed E-state index contributed by atoms with van der Waals surface area (Å²) in [6.45, 7) is 3.44. The Balaban J connectivity index is 0.0000109. The molecule has 0 N–H and O–H groups in total. The summed E-state index contributed by atoms with van der Waals surface area (Å²) in [5.74, 6) is -1.74. The van der Waals surface area contributed by atoms with Gasteiger partial charge in [-0.25, -0.2) is 18.0 Å². The first kappa shape index (κ1) is 33.1. The maximum absolute atomic E-state index is 12.4. The molecule has 0 amide bonds. The Hall–Kier alpha value is -0.930. The largest absolute Gasteiger partial charge is 1.00 e. The Morgan fingerprint density at radius 1 is 0.794 bits per heavy atom. The van der Waals surface area contributed by atoms with Crippen LogP contribution in [0.25, 0.3) is 0 Å². The maximum Gasteiger partial charge on any atom is 1.00 e. The Bertz CT molecular complexity index is 811. The molecule has 0 saturated heterocycles. The second-order valence-electron chi connectivity index (χ2n) is 8.39. The normalized spacial score (nSPS) is 12.0. The van der Waals surface area contributed by atoms with Crippen molar-refractivity contribution in [3.63, 3.8) is 0 Å². The summed E-state index contributed by atoms with van der Waals surface area (Å²) in [5.41, 5.74) is -2.00. The fourth-order valence-electron chi connectivity index (χ4n) is 3.47. The average Bonchev–Trinajstić information content (AvgIpc) is 2.78. The summed E-state index contributed by atoms with van der Waals surface area (Å²) < 4.78 is 42.8. The molecule has 1 aromatic carbocycles. The fraction of sp³-hybridized carbons (Fsp3) is 0.680. The molecule has 0 spiro atoms. The van der Waals surface area contributed by atoms with Crippen LogP contribution in [0, 0.1) is 0 Å². The Kier molecular flexibility index (Phi) is 18.8. The summed E-state index contributed by atoms with van der Waals surface area (Å²) in [6, 6.07) is 5.80. The van der Waals surface area contributed by atoms with Gasteiger partial charge in [-0.1, -0.05) is 96.1 Å². The van der Waals surface area contributed by atoms with Gasteiger partial charge in [-0.05, 0) is 25.5 Å². The van der Waals surface area contributed by atoms with Gasteiger partial charge in [-0.3, -0.25) is 0 Å². The Morgan fingerprint density at radius 2 is 1.21 bits per heavy atom. The van der Waals surface area contributed by atoms with Crippen molar-refractivity contribution >= 4 is 22.1 Å². The van der Waals surface area contributed by atoms with Crippen LogP contribution in [0.15, 0.2) is 24.3 Å². The molecular formula is C25H39NaO7S. The minimum absolute atomic E-state index is 0. The minimum Gasteiger partial charge on any atom is -0.745 e. The zero-order valence-electron chi connectivity index (χ0n) is 21.1. The Labute approximate surface area is 227 Å².